The Kier molecular flexibility index (Phi) is 4.24. The molecule has 0 spiro atoms. The van der Waals surface area contributed by atoms with Gasteiger partial charge in [-0.25, -0.2) is 9.78 Å². The van der Waals surface area contributed by atoms with Crippen LogP contribution in [0.1, 0.15) is 33.9 Å². The van der Waals surface area contributed by atoms with Crippen LogP contribution in [-0.2, 0) is 4.74 Å². The molecule has 1 unspecified atom stereocenters. The first-order valence-electron chi connectivity index (χ1n) is 6.17. The second-order valence-electron chi connectivity index (χ2n) is 4.48. The van der Waals surface area contributed by atoms with Crippen molar-refractivity contribution in [2.75, 3.05) is 18.2 Å². The average Bonchev–Trinajstić information content (AvgIpc) is 2.96. The van der Waals surface area contributed by atoms with E-state index in [9.17, 15) is 4.79 Å². The number of aryl methyl sites for hydroxylation is 1. The number of benzene rings is 1. The number of anilines is 2. The summed E-state index contributed by atoms with van der Waals surface area (Å²) in [5.74, 6) is -0.434. The van der Waals surface area contributed by atoms with Gasteiger partial charge in [-0.2, -0.15) is 0 Å². The van der Waals surface area contributed by atoms with Crippen molar-refractivity contribution in [3.8, 4) is 0 Å². The van der Waals surface area contributed by atoms with E-state index in [0.29, 0.717) is 11.3 Å². The van der Waals surface area contributed by atoms with Crippen LogP contribution in [0.2, 0.25) is 0 Å². The molecule has 1 aromatic heterocycles. The van der Waals surface area contributed by atoms with Gasteiger partial charge in [0.15, 0.2) is 0 Å². The molecular weight excluding hydrogens is 274 g/mol. The number of methoxy groups -OCH3 is 1. The largest absolute Gasteiger partial charge is 0.465 e. The topological polar surface area (TPSA) is 77.2 Å². The van der Waals surface area contributed by atoms with Gasteiger partial charge in [-0.05, 0) is 31.5 Å². The fourth-order valence-electron chi connectivity index (χ4n) is 1.92. The number of rotatable bonds is 4. The SMILES string of the molecule is COC(=O)c1cc(NC(C)c2nccs2)cc(C)c1N. The normalized spacial score (nSPS) is 11.9. The van der Waals surface area contributed by atoms with Crippen LogP contribution in [0.15, 0.2) is 23.7 Å². The van der Waals surface area contributed by atoms with Gasteiger partial charge in [0.2, 0.25) is 0 Å². The summed E-state index contributed by atoms with van der Waals surface area (Å²) >= 11 is 1.58. The first kappa shape index (κ1) is 14.3. The van der Waals surface area contributed by atoms with E-state index < -0.39 is 5.97 Å². The van der Waals surface area contributed by atoms with E-state index in [-0.39, 0.29) is 6.04 Å². The highest BCUT2D eigenvalue weighted by molar-refractivity contribution is 7.09. The Labute approximate surface area is 121 Å². The lowest BCUT2D eigenvalue weighted by atomic mass is 10.1. The summed E-state index contributed by atoms with van der Waals surface area (Å²) < 4.78 is 4.75. The van der Waals surface area contributed by atoms with Crippen molar-refractivity contribution < 1.29 is 9.53 Å². The molecule has 0 saturated carbocycles. The summed E-state index contributed by atoms with van der Waals surface area (Å²) in [6.45, 7) is 3.88. The Balaban J connectivity index is 2.29. The van der Waals surface area contributed by atoms with Gasteiger partial charge in [-0.3, -0.25) is 0 Å². The van der Waals surface area contributed by atoms with Crippen LogP contribution in [0.3, 0.4) is 0 Å². The molecule has 0 aliphatic heterocycles. The molecule has 2 rings (SSSR count). The molecule has 0 bridgehead atoms. The summed E-state index contributed by atoms with van der Waals surface area (Å²) in [7, 11) is 1.34. The Morgan fingerprint density at radius 3 is 2.85 bits per heavy atom. The first-order valence-corrected chi connectivity index (χ1v) is 7.05. The summed E-state index contributed by atoms with van der Waals surface area (Å²) in [6.07, 6.45) is 1.77. The van der Waals surface area contributed by atoms with E-state index in [2.05, 4.69) is 10.3 Å². The van der Waals surface area contributed by atoms with Gasteiger partial charge in [0.25, 0.3) is 0 Å². The van der Waals surface area contributed by atoms with E-state index in [1.54, 1.807) is 23.6 Å². The highest BCUT2D eigenvalue weighted by atomic mass is 32.1. The molecule has 3 N–H and O–H groups in total. The van der Waals surface area contributed by atoms with Crippen molar-refractivity contribution in [1.82, 2.24) is 4.98 Å². The summed E-state index contributed by atoms with van der Waals surface area (Å²) in [6, 6.07) is 3.67. The van der Waals surface area contributed by atoms with Gasteiger partial charge < -0.3 is 15.8 Å². The molecular formula is C14H17N3O2S. The molecule has 0 amide bonds. The zero-order valence-electron chi connectivity index (χ0n) is 11.6. The molecule has 0 aliphatic carbocycles. The van der Waals surface area contributed by atoms with Crippen molar-refractivity contribution >= 4 is 28.7 Å². The second kappa shape index (κ2) is 5.92. The van der Waals surface area contributed by atoms with Crippen molar-refractivity contribution in [3.63, 3.8) is 0 Å². The molecule has 0 fully saturated rings. The quantitative estimate of drug-likeness (QED) is 0.669. The van der Waals surface area contributed by atoms with Crippen LogP contribution in [0.4, 0.5) is 11.4 Å². The minimum atomic E-state index is -0.434. The Morgan fingerprint density at radius 1 is 1.50 bits per heavy atom. The molecule has 6 heteroatoms. The van der Waals surface area contributed by atoms with E-state index in [4.69, 9.17) is 10.5 Å². The third-order valence-electron chi connectivity index (χ3n) is 3.00. The Morgan fingerprint density at radius 2 is 2.25 bits per heavy atom. The molecule has 106 valence electrons. The molecule has 2 aromatic rings. The summed E-state index contributed by atoms with van der Waals surface area (Å²) in [5.41, 5.74) is 8.39. The number of hydrogen-bond donors (Lipinski definition) is 2. The number of nitrogen functional groups attached to an aromatic ring is 1. The minimum absolute atomic E-state index is 0.0588. The van der Waals surface area contributed by atoms with Gasteiger partial charge in [0.1, 0.15) is 5.01 Å². The molecule has 1 atom stereocenters. The average molecular weight is 291 g/mol. The maximum absolute atomic E-state index is 11.7. The van der Waals surface area contributed by atoms with Gasteiger partial charge in [-0.1, -0.05) is 0 Å². The van der Waals surface area contributed by atoms with Crippen molar-refractivity contribution in [2.24, 2.45) is 0 Å². The number of nitrogens with two attached hydrogens (primary N) is 1. The molecule has 0 radical (unpaired) electrons. The highest BCUT2D eigenvalue weighted by Gasteiger charge is 2.15. The zero-order valence-corrected chi connectivity index (χ0v) is 12.5. The van der Waals surface area contributed by atoms with Crippen LogP contribution in [0.25, 0.3) is 0 Å². The number of nitrogens with one attached hydrogen (secondary N) is 1. The third-order valence-corrected chi connectivity index (χ3v) is 3.96. The lowest BCUT2D eigenvalue weighted by molar-refractivity contribution is 0.0602. The maximum atomic E-state index is 11.7. The van der Waals surface area contributed by atoms with Crippen molar-refractivity contribution in [3.05, 3.63) is 39.8 Å². The summed E-state index contributed by atoms with van der Waals surface area (Å²) in [5, 5.41) is 6.23. The monoisotopic (exact) mass is 291 g/mol. The fourth-order valence-corrected chi connectivity index (χ4v) is 2.57. The van der Waals surface area contributed by atoms with Crippen LogP contribution in [0.5, 0.6) is 0 Å². The molecule has 20 heavy (non-hydrogen) atoms. The maximum Gasteiger partial charge on any atom is 0.340 e. The lowest BCUT2D eigenvalue weighted by Crippen LogP contribution is -2.11. The lowest BCUT2D eigenvalue weighted by Gasteiger charge is -2.16. The predicted molar refractivity (Wildman–Crippen MR) is 81.1 cm³/mol. The predicted octanol–water partition coefficient (Wildman–Crippen LogP) is 2.99. The number of nitrogens with zero attached hydrogens (tertiary/aromatic N) is 1. The third kappa shape index (κ3) is 2.91. The highest BCUT2D eigenvalue weighted by Crippen LogP contribution is 2.27. The van der Waals surface area contributed by atoms with Crippen LogP contribution in [-0.4, -0.2) is 18.1 Å². The number of hydrogen-bond acceptors (Lipinski definition) is 6. The van der Waals surface area contributed by atoms with Crippen LogP contribution >= 0.6 is 11.3 Å². The van der Waals surface area contributed by atoms with Gasteiger partial charge >= 0.3 is 5.97 Å². The van der Waals surface area contributed by atoms with E-state index in [1.807, 2.05) is 25.3 Å². The minimum Gasteiger partial charge on any atom is -0.465 e. The molecule has 1 aromatic carbocycles. The Bertz CT molecular complexity index is 611. The molecule has 0 aliphatic rings. The second-order valence-corrected chi connectivity index (χ2v) is 5.41. The fraction of sp³-hybridized carbons (Fsp3) is 0.286. The van der Waals surface area contributed by atoms with Crippen molar-refractivity contribution in [1.29, 1.82) is 0 Å². The van der Waals surface area contributed by atoms with E-state index in [0.717, 1.165) is 16.3 Å². The van der Waals surface area contributed by atoms with E-state index >= 15 is 0 Å². The smallest absolute Gasteiger partial charge is 0.340 e. The van der Waals surface area contributed by atoms with E-state index in [1.165, 1.54) is 7.11 Å². The van der Waals surface area contributed by atoms with Gasteiger partial charge in [0, 0.05) is 23.0 Å². The number of aromatic nitrogens is 1. The standard InChI is InChI=1S/C14H17N3O2S/c1-8-6-10(7-11(12(8)15)14(18)19-3)17-9(2)13-16-4-5-20-13/h4-7,9,17H,15H2,1-3H3. The Hall–Kier alpha value is -2.08. The molecule has 5 nitrogen and oxygen atoms in total. The number of ether oxygens (including phenoxy) is 1. The first-order chi connectivity index (χ1) is 9.52. The number of carbonyl (C=O) groups is 1. The molecule has 0 saturated heterocycles. The number of carbonyl (C=O) groups excluding carboxylic acids is 1. The van der Waals surface area contributed by atoms with Gasteiger partial charge in [0.05, 0.1) is 18.7 Å². The summed E-state index contributed by atoms with van der Waals surface area (Å²) in [4.78, 5) is 16.0. The van der Waals surface area contributed by atoms with Gasteiger partial charge in [-0.15, -0.1) is 11.3 Å². The number of esters is 1. The van der Waals surface area contributed by atoms with Crippen molar-refractivity contribution in [2.45, 2.75) is 19.9 Å². The van der Waals surface area contributed by atoms with Crippen LogP contribution < -0.4 is 11.1 Å². The number of thiazole rings is 1. The zero-order chi connectivity index (χ0) is 14.7. The van der Waals surface area contributed by atoms with Crippen LogP contribution in [0, 0.1) is 6.92 Å². The molecule has 1 heterocycles.